The molecule has 1 saturated heterocycles. The van der Waals surface area contributed by atoms with Gasteiger partial charge in [-0.25, -0.2) is 8.78 Å². The molecule has 0 N–H and O–H groups in total. The third-order valence-corrected chi connectivity index (χ3v) is 5.86. The Kier molecular flexibility index (Phi) is 6.02. The highest BCUT2D eigenvalue weighted by atomic mass is 32.2. The zero-order chi connectivity index (χ0) is 19.3. The van der Waals surface area contributed by atoms with Gasteiger partial charge in [0.1, 0.15) is 11.6 Å². The summed E-state index contributed by atoms with van der Waals surface area (Å²) in [7, 11) is 0. The molecule has 1 aromatic heterocycles. The number of hydrogen-bond donors (Lipinski definition) is 0. The lowest BCUT2D eigenvalue weighted by Crippen LogP contribution is -2.30. The first kappa shape index (κ1) is 19.1. The van der Waals surface area contributed by atoms with Gasteiger partial charge in [0.25, 0.3) is 0 Å². The Labute approximate surface area is 167 Å². The van der Waals surface area contributed by atoms with Gasteiger partial charge < -0.3 is 0 Å². The summed E-state index contributed by atoms with van der Waals surface area (Å²) in [4.78, 5) is 2.38. The molecule has 2 heterocycles. The first-order valence-electron chi connectivity index (χ1n) is 9.49. The zero-order valence-corrected chi connectivity index (χ0v) is 16.3. The van der Waals surface area contributed by atoms with Gasteiger partial charge in [0.05, 0.1) is 6.54 Å². The fourth-order valence-corrected chi connectivity index (χ4v) is 4.35. The number of rotatable bonds is 6. The van der Waals surface area contributed by atoms with E-state index in [-0.39, 0.29) is 11.6 Å². The van der Waals surface area contributed by atoms with Crippen LogP contribution in [0.15, 0.2) is 53.7 Å². The average molecular weight is 400 g/mol. The molecule has 0 aliphatic carbocycles. The molecule has 0 unspecified atom stereocenters. The molecule has 0 amide bonds. The van der Waals surface area contributed by atoms with Crippen LogP contribution in [0.25, 0.3) is 5.69 Å². The maximum Gasteiger partial charge on any atom is 0.196 e. The minimum Gasteiger partial charge on any atom is -0.296 e. The van der Waals surface area contributed by atoms with Crippen LogP contribution in [-0.2, 0) is 12.3 Å². The summed E-state index contributed by atoms with van der Waals surface area (Å²) in [6, 6.07) is 12.9. The standard InChI is InChI=1S/C21H22F2N4S/c22-17-7-9-19(10-8-17)27-20(14-26-11-2-1-3-12-26)24-25-21(27)28-15-16-5-4-6-18(23)13-16/h4-10,13H,1-3,11-12,14-15H2. The number of benzene rings is 2. The maximum absolute atomic E-state index is 13.5. The molecule has 7 heteroatoms. The Morgan fingerprint density at radius 2 is 1.68 bits per heavy atom. The molecule has 146 valence electrons. The number of halogens is 2. The SMILES string of the molecule is Fc1ccc(-n2c(CN3CCCCC3)nnc2SCc2cccc(F)c2)cc1. The van der Waals surface area contributed by atoms with Crippen molar-refractivity contribution in [3.63, 3.8) is 0 Å². The summed E-state index contributed by atoms with van der Waals surface area (Å²) in [5.41, 5.74) is 1.72. The number of piperidine rings is 1. The van der Waals surface area contributed by atoms with Crippen molar-refractivity contribution in [1.82, 2.24) is 19.7 Å². The highest BCUT2D eigenvalue weighted by Gasteiger charge is 2.19. The molecule has 0 bridgehead atoms. The van der Waals surface area contributed by atoms with Gasteiger partial charge >= 0.3 is 0 Å². The largest absolute Gasteiger partial charge is 0.296 e. The Balaban J connectivity index is 1.60. The van der Waals surface area contributed by atoms with Crippen molar-refractivity contribution in [2.75, 3.05) is 13.1 Å². The molecule has 4 nitrogen and oxygen atoms in total. The molecule has 0 saturated carbocycles. The van der Waals surface area contributed by atoms with Crippen LogP contribution in [-0.4, -0.2) is 32.8 Å². The Bertz CT molecular complexity index is 920. The lowest BCUT2D eigenvalue weighted by atomic mass is 10.1. The van der Waals surface area contributed by atoms with E-state index in [1.807, 2.05) is 10.6 Å². The summed E-state index contributed by atoms with van der Waals surface area (Å²) >= 11 is 1.50. The third-order valence-electron chi connectivity index (χ3n) is 4.86. The number of aromatic nitrogens is 3. The highest BCUT2D eigenvalue weighted by Crippen LogP contribution is 2.26. The van der Waals surface area contributed by atoms with Crippen molar-refractivity contribution < 1.29 is 8.78 Å². The Morgan fingerprint density at radius 1 is 0.893 bits per heavy atom. The number of thioether (sulfide) groups is 1. The quantitative estimate of drug-likeness (QED) is 0.556. The molecular formula is C21H22F2N4S. The van der Waals surface area contributed by atoms with Crippen LogP contribution in [0.2, 0.25) is 0 Å². The van der Waals surface area contributed by atoms with Crippen LogP contribution in [0.1, 0.15) is 30.7 Å². The van der Waals surface area contributed by atoms with E-state index in [1.165, 1.54) is 55.3 Å². The van der Waals surface area contributed by atoms with E-state index in [1.54, 1.807) is 18.2 Å². The van der Waals surface area contributed by atoms with Crippen LogP contribution >= 0.6 is 11.8 Å². The molecule has 2 aromatic carbocycles. The van der Waals surface area contributed by atoms with Gasteiger partial charge in [0.15, 0.2) is 11.0 Å². The highest BCUT2D eigenvalue weighted by molar-refractivity contribution is 7.98. The van der Waals surface area contributed by atoms with E-state index >= 15 is 0 Å². The van der Waals surface area contributed by atoms with Crippen LogP contribution in [0.4, 0.5) is 8.78 Å². The normalized spacial score (nSPS) is 15.1. The van der Waals surface area contributed by atoms with Gasteiger partial charge in [0, 0.05) is 11.4 Å². The van der Waals surface area contributed by atoms with E-state index in [0.29, 0.717) is 12.3 Å². The van der Waals surface area contributed by atoms with Crippen molar-refractivity contribution in [3.8, 4) is 5.69 Å². The van der Waals surface area contributed by atoms with Gasteiger partial charge in [-0.1, -0.05) is 30.3 Å². The van der Waals surface area contributed by atoms with E-state index in [4.69, 9.17) is 0 Å². The van der Waals surface area contributed by atoms with E-state index in [9.17, 15) is 8.78 Å². The molecule has 1 aliphatic heterocycles. The molecule has 1 aliphatic rings. The average Bonchev–Trinajstić information content (AvgIpc) is 3.10. The fourth-order valence-electron chi connectivity index (χ4n) is 3.44. The minimum absolute atomic E-state index is 0.246. The summed E-state index contributed by atoms with van der Waals surface area (Å²) in [5, 5.41) is 9.53. The minimum atomic E-state index is -0.275. The summed E-state index contributed by atoms with van der Waals surface area (Å²) < 4.78 is 28.9. The smallest absolute Gasteiger partial charge is 0.196 e. The number of likely N-dealkylation sites (tertiary alicyclic amines) is 1. The molecular weight excluding hydrogens is 378 g/mol. The van der Waals surface area contributed by atoms with Gasteiger partial charge in [-0.15, -0.1) is 10.2 Å². The molecule has 0 radical (unpaired) electrons. The molecule has 4 rings (SSSR count). The van der Waals surface area contributed by atoms with Crippen LogP contribution in [0.3, 0.4) is 0 Å². The van der Waals surface area contributed by atoms with Crippen molar-refractivity contribution in [2.45, 2.75) is 36.7 Å². The van der Waals surface area contributed by atoms with Gasteiger partial charge in [0.2, 0.25) is 0 Å². The van der Waals surface area contributed by atoms with Gasteiger partial charge in [-0.05, 0) is 67.9 Å². The van der Waals surface area contributed by atoms with Crippen molar-refractivity contribution in [2.24, 2.45) is 0 Å². The Morgan fingerprint density at radius 3 is 2.43 bits per heavy atom. The van der Waals surface area contributed by atoms with Crippen LogP contribution < -0.4 is 0 Å². The second kappa shape index (κ2) is 8.84. The lowest BCUT2D eigenvalue weighted by molar-refractivity contribution is 0.214. The van der Waals surface area contributed by atoms with Crippen molar-refractivity contribution >= 4 is 11.8 Å². The molecule has 0 spiro atoms. The number of hydrogen-bond acceptors (Lipinski definition) is 4. The third kappa shape index (κ3) is 4.59. The van der Waals surface area contributed by atoms with E-state index in [2.05, 4.69) is 15.1 Å². The molecule has 0 atom stereocenters. The maximum atomic E-state index is 13.5. The Hall–Kier alpha value is -2.25. The van der Waals surface area contributed by atoms with Crippen molar-refractivity contribution in [1.29, 1.82) is 0 Å². The van der Waals surface area contributed by atoms with E-state index < -0.39 is 0 Å². The fraction of sp³-hybridized carbons (Fsp3) is 0.333. The second-order valence-corrected chi connectivity index (χ2v) is 7.91. The van der Waals surface area contributed by atoms with Crippen LogP contribution in [0, 0.1) is 11.6 Å². The topological polar surface area (TPSA) is 34.0 Å². The summed E-state index contributed by atoms with van der Waals surface area (Å²) in [5.74, 6) is 0.906. The van der Waals surface area contributed by atoms with Crippen molar-refractivity contribution in [3.05, 3.63) is 71.6 Å². The van der Waals surface area contributed by atoms with Gasteiger partial charge in [-0.2, -0.15) is 0 Å². The van der Waals surface area contributed by atoms with E-state index in [0.717, 1.165) is 35.3 Å². The molecule has 1 fully saturated rings. The first-order chi connectivity index (χ1) is 13.7. The first-order valence-corrected chi connectivity index (χ1v) is 10.5. The summed E-state index contributed by atoms with van der Waals surface area (Å²) in [6.45, 7) is 2.83. The lowest BCUT2D eigenvalue weighted by Gasteiger charge is -2.26. The predicted molar refractivity (Wildman–Crippen MR) is 106 cm³/mol. The van der Waals surface area contributed by atoms with Crippen LogP contribution in [0.5, 0.6) is 0 Å². The van der Waals surface area contributed by atoms with Gasteiger partial charge in [-0.3, -0.25) is 9.47 Å². The second-order valence-electron chi connectivity index (χ2n) is 6.97. The monoisotopic (exact) mass is 400 g/mol. The number of nitrogens with zero attached hydrogens (tertiary/aromatic N) is 4. The summed E-state index contributed by atoms with van der Waals surface area (Å²) in [6.07, 6.45) is 3.67. The molecule has 28 heavy (non-hydrogen) atoms. The predicted octanol–water partition coefficient (Wildman–Crippen LogP) is 4.82. The molecule has 3 aromatic rings. The zero-order valence-electron chi connectivity index (χ0n) is 15.5.